The first-order valence-electron chi connectivity index (χ1n) is 8.86. The molecular weight excluding hydrogens is 312 g/mol. The van der Waals surface area contributed by atoms with Gasteiger partial charge in [-0.1, -0.05) is 62.4 Å². The lowest BCUT2D eigenvalue weighted by atomic mass is 10.0. The highest BCUT2D eigenvalue weighted by atomic mass is 16.5. The van der Waals surface area contributed by atoms with E-state index < -0.39 is 6.23 Å². The SMILES string of the molecule is CCN(Cc1ccccc1)C(=O)NC(C)Oc1ccccc1C(C)C. The molecule has 2 amide bonds. The van der Waals surface area contributed by atoms with E-state index in [4.69, 9.17) is 4.74 Å². The average molecular weight is 340 g/mol. The van der Waals surface area contributed by atoms with Crippen LogP contribution in [0.3, 0.4) is 0 Å². The zero-order valence-corrected chi connectivity index (χ0v) is 15.5. The van der Waals surface area contributed by atoms with E-state index in [0.717, 1.165) is 16.9 Å². The Bertz CT molecular complexity index is 671. The summed E-state index contributed by atoms with van der Waals surface area (Å²) in [6, 6.07) is 17.8. The minimum atomic E-state index is -0.405. The van der Waals surface area contributed by atoms with Crippen molar-refractivity contribution in [2.24, 2.45) is 0 Å². The molecule has 2 rings (SSSR count). The maximum absolute atomic E-state index is 12.5. The van der Waals surface area contributed by atoms with Gasteiger partial charge in [-0.2, -0.15) is 0 Å². The minimum Gasteiger partial charge on any atom is -0.471 e. The van der Waals surface area contributed by atoms with Crippen molar-refractivity contribution in [2.45, 2.75) is 46.4 Å². The molecule has 1 atom stereocenters. The second-order valence-electron chi connectivity index (χ2n) is 6.40. The van der Waals surface area contributed by atoms with Crippen molar-refractivity contribution in [1.82, 2.24) is 10.2 Å². The van der Waals surface area contributed by atoms with Crippen LogP contribution in [0.25, 0.3) is 0 Å². The molecule has 0 aromatic heterocycles. The summed E-state index contributed by atoms with van der Waals surface area (Å²) in [5.74, 6) is 1.18. The highest BCUT2D eigenvalue weighted by Crippen LogP contribution is 2.26. The van der Waals surface area contributed by atoms with Gasteiger partial charge in [-0.25, -0.2) is 4.79 Å². The molecule has 0 heterocycles. The van der Waals surface area contributed by atoms with Gasteiger partial charge in [0.15, 0.2) is 6.23 Å². The van der Waals surface area contributed by atoms with Gasteiger partial charge in [0, 0.05) is 13.1 Å². The summed E-state index contributed by atoms with van der Waals surface area (Å²) in [5, 5.41) is 2.93. The van der Waals surface area contributed by atoms with Crippen LogP contribution in [-0.2, 0) is 6.54 Å². The molecule has 0 aliphatic carbocycles. The van der Waals surface area contributed by atoms with Crippen LogP contribution in [0.4, 0.5) is 4.79 Å². The van der Waals surface area contributed by atoms with E-state index in [9.17, 15) is 4.79 Å². The van der Waals surface area contributed by atoms with Gasteiger partial charge in [0.1, 0.15) is 5.75 Å². The minimum absolute atomic E-state index is 0.124. The van der Waals surface area contributed by atoms with Crippen molar-refractivity contribution >= 4 is 6.03 Å². The van der Waals surface area contributed by atoms with Gasteiger partial charge >= 0.3 is 6.03 Å². The Hall–Kier alpha value is -2.49. The lowest BCUT2D eigenvalue weighted by Gasteiger charge is -2.25. The van der Waals surface area contributed by atoms with E-state index in [2.05, 4.69) is 25.2 Å². The van der Waals surface area contributed by atoms with Crippen molar-refractivity contribution in [3.63, 3.8) is 0 Å². The molecule has 1 unspecified atom stereocenters. The number of rotatable bonds is 7. The van der Waals surface area contributed by atoms with E-state index in [1.165, 1.54) is 0 Å². The molecule has 2 aromatic rings. The molecule has 0 fully saturated rings. The molecule has 1 N–H and O–H groups in total. The Morgan fingerprint density at radius 1 is 1.04 bits per heavy atom. The van der Waals surface area contributed by atoms with Crippen LogP contribution in [-0.4, -0.2) is 23.7 Å². The number of ether oxygens (including phenoxy) is 1. The molecule has 0 spiro atoms. The van der Waals surface area contributed by atoms with E-state index in [1.807, 2.05) is 62.4 Å². The molecular formula is C21H28N2O2. The second kappa shape index (κ2) is 9.11. The predicted molar refractivity (Wildman–Crippen MR) is 102 cm³/mol. The quantitative estimate of drug-likeness (QED) is 0.738. The zero-order valence-electron chi connectivity index (χ0n) is 15.5. The Balaban J connectivity index is 1.97. The molecule has 0 saturated carbocycles. The van der Waals surface area contributed by atoms with Gasteiger partial charge in [0.05, 0.1) is 0 Å². The summed E-state index contributed by atoms with van der Waals surface area (Å²) in [4.78, 5) is 14.3. The number of hydrogen-bond donors (Lipinski definition) is 1. The smallest absolute Gasteiger partial charge is 0.320 e. The van der Waals surface area contributed by atoms with Gasteiger partial charge < -0.3 is 15.0 Å². The van der Waals surface area contributed by atoms with Gasteiger partial charge in [0.2, 0.25) is 0 Å². The number of nitrogens with one attached hydrogen (secondary N) is 1. The molecule has 0 radical (unpaired) electrons. The summed E-state index contributed by atoms with van der Waals surface area (Å²) in [6.07, 6.45) is -0.405. The molecule has 0 aliphatic heterocycles. The molecule has 0 bridgehead atoms. The largest absolute Gasteiger partial charge is 0.471 e. The van der Waals surface area contributed by atoms with Crippen molar-refractivity contribution in [3.05, 3.63) is 65.7 Å². The van der Waals surface area contributed by atoms with Gasteiger partial charge in [-0.05, 0) is 37.0 Å². The molecule has 4 heteroatoms. The number of hydrogen-bond acceptors (Lipinski definition) is 2. The molecule has 0 aliphatic rings. The summed E-state index contributed by atoms with van der Waals surface area (Å²) >= 11 is 0. The third-order valence-corrected chi connectivity index (χ3v) is 4.06. The lowest BCUT2D eigenvalue weighted by molar-refractivity contribution is 0.152. The Morgan fingerprint density at radius 2 is 1.68 bits per heavy atom. The standard InChI is InChI=1S/C21H28N2O2/c1-5-23(15-18-11-7-6-8-12-18)21(24)22-17(4)25-20-14-10-9-13-19(20)16(2)3/h6-14,16-17H,5,15H2,1-4H3,(H,22,24). The van der Waals surface area contributed by atoms with Gasteiger partial charge in [-0.3, -0.25) is 0 Å². The maximum atomic E-state index is 12.5. The number of amides is 2. The van der Waals surface area contributed by atoms with E-state index in [-0.39, 0.29) is 6.03 Å². The Morgan fingerprint density at radius 3 is 2.32 bits per heavy atom. The van der Waals surface area contributed by atoms with Gasteiger partial charge in [0.25, 0.3) is 0 Å². The first-order valence-corrected chi connectivity index (χ1v) is 8.86. The van der Waals surface area contributed by atoms with E-state index in [0.29, 0.717) is 19.0 Å². The highest BCUT2D eigenvalue weighted by molar-refractivity contribution is 5.74. The highest BCUT2D eigenvalue weighted by Gasteiger charge is 2.16. The van der Waals surface area contributed by atoms with Crippen molar-refractivity contribution in [2.75, 3.05) is 6.54 Å². The first kappa shape index (κ1) is 18.8. The number of benzene rings is 2. The van der Waals surface area contributed by atoms with E-state index in [1.54, 1.807) is 4.90 Å². The summed E-state index contributed by atoms with van der Waals surface area (Å²) in [7, 11) is 0. The van der Waals surface area contributed by atoms with E-state index >= 15 is 0 Å². The number of urea groups is 1. The molecule has 0 saturated heterocycles. The lowest BCUT2D eigenvalue weighted by Crippen LogP contribution is -2.45. The third-order valence-electron chi connectivity index (χ3n) is 4.06. The maximum Gasteiger partial charge on any atom is 0.320 e. The molecule has 2 aromatic carbocycles. The normalized spacial score (nSPS) is 11.9. The number of carbonyl (C=O) groups is 1. The van der Waals surface area contributed by atoms with Crippen LogP contribution in [0.2, 0.25) is 0 Å². The fraction of sp³-hybridized carbons (Fsp3) is 0.381. The first-order chi connectivity index (χ1) is 12.0. The number of nitrogens with zero attached hydrogens (tertiary/aromatic N) is 1. The summed E-state index contributed by atoms with van der Waals surface area (Å²) in [5.41, 5.74) is 2.25. The van der Waals surface area contributed by atoms with Crippen LogP contribution in [0.1, 0.15) is 44.7 Å². The van der Waals surface area contributed by atoms with Gasteiger partial charge in [-0.15, -0.1) is 0 Å². The number of carbonyl (C=O) groups excluding carboxylic acids is 1. The third kappa shape index (κ3) is 5.52. The predicted octanol–water partition coefficient (Wildman–Crippen LogP) is 4.77. The Kier molecular flexibility index (Phi) is 6.87. The van der Waals surface area contributed by atoms with Crippen LogP contribution in [0.15, 0.2) is 54.6 Å². The fourth-order valence-corrected chi connectivity index (χ4v) is 2.68. The number of para-hydroxylation sites is 1. The topological polar surface area (TPSA) is 41.6 Å². The average Bonchev–Trinajstić information content (AvgIpc) is 2.60. The molecule has 25 heavy (non-hydrogen) atoms. The van der Waals surface area contributed by atoms with Crippen LogP contribution in [0.5, 0.6) is 5.75 Å². The van der Waals surface area contributed by atoms with Crippen LogP contribution in [0, 0.1) is 0 Å². The molecule has 4 nitrogen and oxygen atoms in total. The van der Waals surface area contributed by atoms with Crippen LogP contribution >= 0.6 is 0 Å². The van der Waals surface area contributed by atoms with Crippen molar-refractivity contribution < 1.29 is 9.53 Å². The monoisotopic (exact) mass is 340 g/mol. The second-order valence-corrected chi connectivity index (χ2v) is 6.40. The van der Waals surface area contributed by atoms with Crippen molar-refractivity contribution in [1.29, 1.82) is 0 Å². The van der Waals surface area contributed by atoms with Crippen LogP contribution < -0.4 is 10.1 Å². The summed E-state index contributed by atoms with van der Waals surface area (Å²) in [6.45, 7) is 9.30. The van der Waals surface area contributed by atoms with Crippen molar-refractivity contribution in [3.8, 4) is 5.75 Å². The fourth-order valence-electron chi connectivity index (χ4n) is 2.68. The zero-order chi connectivity index (χ0) is 18.2. The molecule has 134 valence electrons. The summed E-state index contributed by atoms with van der Waals surface area (Å²) < 4.78 is 5.96. The Labute approximate surface area is 150 Å².